The summed E-state index contributed by atoms with van der Waals surface area (Å²) in [5.41, 5.74) is 10.9. The van der Waals surface area contributed by atoms with Gasteiger partial charge in [-0.05, 0) is 91.3 Å². The molecule has 0 saturated heterocycles. The standard InChI is InChI=1S/C53H33N3O/c1-3-15-36(16-4-1)46-31-42(27-28-44(46)41-26-24-35-14-8-10-20-39(35)30-41)52-54-51(37-17-5-2-6-18-37)55-53(56-52)47-32-43(40-25-23-34-13-7-9-19-38(34)29-40)33-49-50(47)45-21-11-12-22-48(45)57-49/h1-33H. The molecule has 9 aromatic carbocycles. The molecule has 11 rings (SSSR count). The lowest BCUT2D eigenvalue weighted by Crippen LogP contribution is -2.01. The second kappa shape index (κ2) is 13.6. The van der Waals surface area contributed by atoms with Gasteiger partial charge in [0.05, 0.1) is 0 Å². The molecule has 2 heterocycles. The van der Waals surface area contributed by atoms with E-state index in [1.165, 1.54) is 21.5 Å². The fraction of sp³-hybridized carbons (Fsp3) is 0. The third-order valence-electron chi connectivity index (χ3n) is 10.9. The van der Waals surface area contributed by atoms with Crippen molar-refractivity contribution in [3.8, 4) is 67.5 Å². The highest BCUT2D eigenvalue weighted by Gasteiger charge is 2.21. The van der Waals surface area contributed by atoms with Gasteiger partial charge in [0, 0.05) is 27.5 Å². The van der Waals surface area contributed by atoms with E-state index in [-0.39, 0.29) is 0 Å². The van der Waals surface area contributed by atoms with Gasteiger partial charge in [0.2, 0.25) is 0 Å². The quantitative estimate of drug-likeness (QED) is 0.171. The van der Waals surface area contributed by atoms with Crippen molar-refractivity contribution < 1.29 is 4.42 Å². The number of aromatic nitrogens is 3. The van der Waals surface area contributed by atoms with Gasteiger partial charge < -0.3 is 4.42 Å². The topological polar surface area (TPSA) is 51.8 Å². The van der Waals surface area contributed by atoms with Crippen molar-refractivity contribution in [3.05, 3.63) is 200 Å². The van der Waals surface area contributed by atoms with Gasteiger partial charge in [0.25, 0.3) is 0 Å². The lowest BCUT2D eigenvalue weighted by atomic mass is 9.91. The molecule has 11 aromatic rings. The third-order valence-corrected chi connectivity index (χ3v) is 10.9. The summed E-state index contributed by atoms with van der Waals surface area (Å²) in [7, 11) is 0. The molecule has 0 spiro atoms. The maximum Gasteiger partial charge on any atom is 0.164 e. The molecular formula is C53H33N3O. The van der Waals surface area contributed by atoms with Gasteiger partial charge in [0.1, 0.15) is 11.2 Å². The van der Waals surface area contributed by atoms with Crippen LogP contribution in [0.2, 0.25) is 0 Å². The van der Waals surface area contributed by atoms with Crippen LogP contribution in [0.5, 0.6) is 0 Å². The Morgan fingerprint density at radius 3 is 1.56 bits per heavy atom. The van der Waals surface area contributed by atoms with Crippen molar-refractivity contribution in [3.63, 3.8) is 0 Å². The van der Waals surface area contributed by atoms with Crippen LogP contribution in [0.15, 0.2) is 205 Å². The minimum Gasteiger partial charge on any atom is -0.456 e. The maximum atomic E-state index is 6.57. The van der Waals surface area contributed by atoms with E-state index in [2.05, 4.69) is 170 Å². The predicted molar refractivity (Wildman–Crippen MR) is 235 cm³/mol. The van der Waals surface area contributed by atoms with Crippen LogP contribution in [0, 0.1) is 0 Å². The minimum absolute atomic E-state index is 0.581. The first-order valence-electron chi connectivity index (χ1n) is 19.2. The Balaban J connectivity index is 1.15. The molecule has 0 atom stereocenters. The van der Waals surface area contributed by atoms with Gasteiger partial charge in [-0.3, -0.25) is 0 Å². The first-order valence-corrected chi connectivity index (χ1v) is 19.2. The summed E-state index contributed by atoms with van der Waals surface area (Å²) in [6.45, 7) is 0. The van der Waals surface area contributed by atoms with Crippen LogP contribution in [-0.4, -0.2) is 15.0 Å². The van der Waals surface area contributed by atoms with Crippen LogP contribution in [0.4, 0.5) is 0 Å². The molecule has 266 valence electrons. The number of furan rings is 1. The number of fused-ring (bicyclic) bond motifs is 5. The summed E-state index contributed by atoms with van der Waals surface area (Å²) < 4.78 is 6.57. The molecule has 0 fully saturated rings. The Hall–Kier alpha value is -7.69. The van der Waals surface area contributed by atoms with Crippen molar-refractivity contribution >= 4 is 43.5 Å². The lowest BCUT2D eigenvalue weighted by Gasteiger charge is -2.15. The number of para-hydroxylation sites is 1. The summed E-state index contributed by atoms with van der Waals surface area (Å²) in [4.78, 5) is 15.7. The first kappa shape index (κ1) is 32.7. The van der Waals surface area contributed by atoms with E-state index in [1.807, 2.05) is 30.3 Å². The SMILES string of the molecule is c1ccc(-c2nc(-c3ccc(-c4ccc5ccccc5c4)c(-c4ccccc4)c3)nc(-c3cc(-c4ccc5ccccc5c4)cc4oc5ccccc5c34)n2)cc1. The molecule has 4 heteroatoms. The van der Waals surface area contributed by atoms with Crippen molar-refractivity contribution in [1.29, 1.82) is 0 Å². The maximum absolute atomic E-state index is 6.57. The molecule has 0 aliphatic carbocycles. The molecule has 0 radical (unpaired) electrons. The molecule has 2 aromatic heterocycles. The van der Waals surface area contributed by atoms with E-state index < -0.39 is 0 Å². The molecule has 0 aliphatic heterocycles. The van der Waals surface area contributed by atoms with Crippen LogP contribution in [0.25, 0.3) is 111 Å². The Morgan fingerprint density at radius 2 is 0.825 bits per heavy atom. The Bertz CT molecular complexity index is 3300. The van der Waals surface area contributed by atoms with Gasteiger partial charge in [0.15, 0.2) is 17.5 Å². The normalized spacial score (nSPS) is 11.5. The van der Waals surface area contributed by atoms with E-state index in [0.717, 1.165) is 72.0 Å². The Kier molecular flexibility index (Phi) is 7.78. The van der Waals surface area contributed by atoms with Crippen LogP contribution < -0.4 is 0 Å². The van der Waals surface area contributed by atoms with Gasteiger partial charge in [-0.2, -0.15) is 0 Å². The lowest BCUT2D eigenvalue weighted by molar-refractivity contribution is 0.669. The zero-order valence-corrected chi connectivity index (χ0v) is 30.8. The van der Waals surface area contributed by atoms with Crippen LogP contribution in [0.1, 0.15) is 0 Å². The number of hydrogen-bond donors (Lipinski definition) is 0. The third kappa shape index (κ3) is 5.92. The molecule has 0 amide bonds. The molecule has 0 saturated carbocycles. The van der Waals surface area contributed by atoms with E-state index in [0.29, 0.717) is 17.5 Å². The molecular weight excluding hydrogens is 695 g/mol. The zero-order valence-electron chi connectivity index (χ0n) is 30.8. The average molecular weight is 728 g/mol. The molecule has 0 unspecified atom stereocenters. The fourth-order valence-electron chi connectivity index (χ4n) is 8.06. The summed E-state index contributed by atoms with van der Waals surface area (Å²) in [6.07, 6.45) is 0. The van der Waals surface area contributed by atoms with Crippen LogP contribution >= 0.6 is 0 Å². The molecule has 0 aliphatic rings. The van der Waals surface area contributed by atoms with Crippen molar-refractivity contribution in [1.82, 2.24) is 15.0 Å². The molecule has 0 bridgehead atoms. The second-order valence-electron chi connectivity index (χ2n) is 14.4. The van der Waals surface area contributed by atoms with Crippen molar-refractivity contribution in [2.24, 2.45) is 0 Å². The van der Waals surface area contributed by atoms with Crippen LogP contribution in [-0.2, 0) is 0 Å². The number of benzene rings is 9. The van der Waals surface area contributed by atoms with E-state index >= 15 is 0 Å². The van der Waals surface area contributed by atoms with Gasteiger partial charge in [-0.25, -0.2) is 15.0 Å². The van der Waals surface area contributed by atoms with Crippen molar-refractivity contribution in [2.75, 3.05) is 0 Å². The second-order valence-corrected chi connectivity index (χ2v) is 14.4. The molecule has 4 nitrogen and oxygen atoms in total. The summed E-state index contributed by atoms with van der Waals surface area (Å²) in [5.74, 6) is 1.78. The van der Waals surface area contributed by atoms with E-state index in [1.54, 1.807) is 0 Å². The van der Waals surface area contributed by atoms with Gasteiger partial charge in [-0.1, -0.05) is 164 Å². The smallest absolute Gasteiger partial charge is 0.164 e. The summed E-state index contributed by atoms with van der Waals surface area (Å²) >= 11 is 0. The van der Waals surface area contributed by atoms with Gasteiger partial charge in [-0.15, -0.1) is 0 Å². The van der Waals surface area contributed by atoms with E-state index in [4.69, 9.17) is 19.4 Å². The highest BCUT2D eigenvalue weighted by atomic mass is 16.3. The van der Waals surface area contributed by atoms with Gasteiger partial charge >= 0.3 is 0 Å². The fourth-order valence-corrected chi connectivity index (χ4v) is 8.06. The first-order chi connectivity index (χ1) is 28.2. The highest BCUT2D eigenvalue weighted by molar-refractivity contribution is 6.13. The minimum atomic E-state index is 0.581. The molecule has 57 heavy (non-hydrogen) atoms. The number of nitrogens with zero attached hydrogens (tertiary/aromatic N) is 3. The molecule has 0 N–H and O–H groups in total. The summed E-state index contributed by atoms with van der Waals surface area (Å²) in [5, 5.41) is 6.79. The Morgan fingerprint density at radius 1 is 0.281 bits per heavy atom. The van der Waals surface area contributed by atoms with E-state index in [9.17, 15) is 0 Å². The monoisotopic (exact) mass is 727 g/mol. The Labute approximate surface area is 329 Å². The number of hydrogen-bond acceptors (Lipinski definition) is 4. The average Bonchev–Trinajstić information content (AvgIpc) is 3.67. The largest absolute Gasteiger partial charge is 0.456 e. The summed E-state index contributed by atoms with van der Waals surface area (Å²) in [6, 6.07) is 70.0. The van der Waals surface area contributed by atoms with Crippen molar-refractivity contribution in [2.45, 2.75) is 0 Å². The zero-order chi connectivity index (χ0) is 37.7. The van der Waals surface area contributed by atoms with Crippen LogP contribution in [0.3, 0.4) is 0 Å². The number of rotatable bonds is 6. The predicted octanol–water partition coefficient (Wildman–Crippen LogP) is 14.1. The highest BCUT2D eigenvalue weighted by Crippen LogP contribution is 2.41.